The van der Waals surface area contributed by atoms with Crippen LogP contribution in [0, 0.1) is 6.92 Å². The Bertz CT molecular complexity index is 772. The van der Waals surface area contributed by atoms with Gasteiger partial charge in [0.25, 0.3) is 5.91 Å². The molecule has 0 bridgehead atoms. The van der Waals surface area contributed by atoms with Gasteiger partial charge in [0, 0.05) is 24.5 Å². The topological polar surface area (TPSA) is 45.2 Å². The van der Waals surface area contributed by atoms with Gasteiger partial charge in [-0.05, 0) is 56.2 Å². The number of hydrogen-bond acceptors (Lipinski definition) is 3. The Morgan fingerprint density at radius 3 is 2.88 bits per heavy atom. The molecule has 1 fully saturated rings. The normalized spacial score (nSPS) is 17.2. The number of aromatic nitrogens is 1. The number of nitrogens with one attached hydrogen (secondary N) is 1. The fraction of sp³-hybridized carbons (Fsp3) is 0.455. The van der Waals surface area contributed by atoms with Gasteiger partial charge in [0.1, 0.15) is 0 Å². The third kappa shape index (κ3) is 3.90. The van der Waals surface area contributed by atoms with Gasteiger partial charge in [-0.2, -0.15) is 0 Å². The molecule has 1 saturated heterocycles. The Labute approximate surface area is 156 Å². The molecule has 138 valence electrons. The Balaban J connectivity index is 1.83. The van der Waals surface area contributed by atoms with Crippen LogP contribution in [-0.4, -0.2) is 23.5 Å². The van der Waals surface area contributed by atoms with Gasteiger partial charge in [-0.25, -0.2) is 0 Å². The van der Waals surface area contributed by atoms with Gasteiger partial charge in [-0.1, -0.05) is 32.0 Å². The second-order valence-electron chi connectivity index (χ2n) is 7.10. The third-order valence-corrected chi connectivity index (χ3v) is 5.39. The standard InChI is InChI=1S/C22H29N3O/c1-4-17-10-8-9-16(3)21(17)24-22(26)18-13-20(15-23-14-18)25-12-7-6-11-19(25)5-2/h8-10,13-15,19H,4-7,11-12H2,1-3H3,(H,24,26). The maximum atomic E-state index is 12.9. The number of aryl methyl sites for hydroxylation is 2. The molecule has 1 atom stereocenters. The zero-order chi connectivity index (χ0) is 18.5. The molecule has 0 radical (unpaired) electrons. The summed E-state index contributed by atoms with van der Waals surface area (Å²) >= 11 is 0. The van der Waals surface area contributed by atoms with Crippen LogP contribution in [0.4, 0.5) is 11.4 Å². The molecule has 1 aliphatic heterocycles. The summed E-state index contributed by atoms with van der Waals surface area (Å²) in [7, 11) is 0. The van der Waals surface area contributed by atoms with E-state index in [2.05, 4.69) is 35.1 Å². The number of hydrogen-bond donors (Lipinski definition) is 1. The molecule has 1 aliphatic rings. The van der Waals surface area contributed by atoms with Crippen molar-refractivity contribution in [2.24, 2.45) is 0 Å². The summed E-state index contributed by atoms with van der Waals surface area (Å²) in [6, 6.07) is 8.67. The molecule has 1 N–H and O–H groups in total. The third-order valence-electron chi connectivity index (χ3n) is 5.39. The number of para-hydroxylation sites is 1. The average Bonchev–Trinajstić information content (AvgIpc) is 2.69. The van der Waals surface area contributed by atoms with Crippen LogP contribution in [0.25, 0.3) is 0 Å². The van der Waals surface area contributed by atoms with E-state index in [-0.39, 0.29) is 5.91 Å². The lowest BCUT2D eigenvalue weighted by Crippen LogP contribution is -2.39. The molecular weight excluding hydrogens is 322 g/mol. The Hall–Kier alpha value is -2.36. The number of carbonyl (C=O) groups is 1. The molecule has 1 amide bonds. The van der Waals surface area contributed by atoms with Crippen LogP contribution in [0.15, 0.2) is 36.7 Å². The smallest absolute Gasteiger partial charge is 0.257 e. The summed E-state index contributed by atoms with van der Waals surface area (Å²) < 4.78 is 0. The van der Waals surface area contributed by atoms with Crippen LogP contribution >= 0.6 is 0 Å². The predicted octanol–water partition coefficient (Wildman–Crippen LogP) is 4.97. The predicted molar refractivity (Wildman–Crippen MR) is 108 cm³/mol. The van der Waals surface area contributed by atoms with E-state index in [4.69, 9.17) is 0 Å². The van der Waals surface area contributed by atoms with Crippen LogP contribution in [0.3, 0.4) is 0 Å². The fourth-order valence-corrected chi connectivity index (χ4v) is 3.86. The maximum Gasteiger partial charge on any atom is 0.257 e. The zero-order valence-electron chi connectivity index (χ0n) is 16.1. The lowest BCUT2D eigenvalue weighted by molar-refractivity contribution is 0.102. The Morgan fingerprint density at radius 2 is 2.12 bits per heavy atom. The number of anilines is 2. The molecule has 0 spiro atoms. The van der Waals surface area contributed by atoms with Gasteiger partial charge in [0.2, 0.25) is 0 Å². The van der Waals surface area contributed by atoms with Crippen molar-refractivity contribution >= 4 is 17.3 Å². The van der Waals surface area contributed by atoms with Crippen LogP contribution in [-0.2, 0) is 6.42 Å². The van der Waals surface area contributed by atoms with Crippen LogP contribution in [0.1, 0.15) is 61.0 Å². The number of benzene rings is 1. The summed E-state index contributed by atoms with van der Waals surface area (Å²) in [6.45, 7) is 7.41. The van der Waals surface area contributed by atoms with Crippen molar-refractivity contribution in [2.45, 2.75) is 58.9 Å². The molecule has 2 aromatic rings. The first-order valence-corrected chi connectivity index (χ1v) is 9.75. The largest absolute Gasteiger partial charge is 0.367 e. The quantitative estimate of drug-likeness (QED) is 0.827. The number of amides is 1. The first-order valence-electron chi connectivity index (χ1n) is 9.75. The number of nitrogens with zero attached hydrogens (tertiary/aromatic N) is 2. The zero-order valence-corrected chi connectivity index (χ0v) is 16.1. The highest BCUT2D eigenvalue weighted by Gasteiger charge is 2.22. The molecule has 2 heterocycles. The monoisotopic (exact) mass is 351 g/mol. The van der Waals surface area contributed by atoms with Crippen molar-refractivity contribution in [1.82, 2.24) is 4.98 Å². The van der Waals surface area contributed by atoms with Crippen molar-refractivity contribution in [3.05, 3.63) is 53.3 Å². The highest BCUT2D eigenvalue weighted by atomic mass is 16.1. The minimum Gasteiger partial charge on any atom is -0.367 e. The van der Waals surface area contributed by atoms with Gasteiger partial charge < -0.3 is 10.2 Å². The second-order valence-corrected chi connectivity index (χ2v) is 7.10. The van der Waals surface area contributed by atoms with Gasteiger partial charge in [-0.3, -0.25) is 9.78 Å². The van der Waals surface area contributed by atoms with Crippen LogP contribution in [0.5, 0.6) is 0 Å². The molecule has 1 aromatic heterocycles. The average molecular weight is 351 g/mol. The maximum absolute atomic E-state index is 12.9. The van der Waals surface area contributed by atoms with E-state index in [1.165, 1.54) is 19.3 Å². The molecule has 4 heteroatoms. The number of pyridine rings is 1. The van der Waals surface area contributed by atoms with E-state index in [9.17, 15) is 4.79 Å². The fourth-order valence-electron chi connectivity index (χ4n) is 3.86. The van der Waals surface area contributed by atoms with E-state index >= 15 is 0 Å². The first kappa shape index (κ1) is 18.4. The molecule has 0 saturated carbocycles. The van der Waals surface area contributed by atoms with Crippen molar-refractivity contribution in [1.29, 1.82) is 0 Å². The molecule has 1 aromatic carbocycles. The Kier molecular flexibility index (Phi) is 5.92. The van der Waals surface area contributed by atoms with Crippen molar-refractivity contribution in [3.63, 3.8) is 0 Å². The summed E-state index contributed by atoms with van der Waals surface area (Å²) in [5.41, 5.74) is 4.85. The minimum atomic E-state index is -0.0894. The van der Waals surface area contributed by atoms with E-state index in [1.807, 2.05) is 31.3 Å². The van der Waals surface area contributed by atoms with E-state index in [1.54, 1.807) is 6.20 Å². The minimum absolute atomic E-state index is 0.0894. The molecule has 3 rings (SSSR count). The Morgan fingerprint density at radius 1 is 1.27 bits per heavy atom. The van der Waals surface area contributed by atoms with Crippen molar-refractivity contribution < 1.29 is 4.79 Å². The lowest BCUT2D eigenvalue weighted by atomic mass is 9.99. The first-order chi connectivity index (χ1) is 12.6. The van der Waals surface area contributed by atoms with E-state index in [0.29, 0.717) is 11.6 Å². The summed E-state index contributed by atoms with van der Waals surface area (Å²) in [4.78, 5) is 19.6. The summed E-state index contributed by atoms with van der Waals surface area (Å²) in [5, 5.41) is 3.10. The number of piperidine rings is 1. The highest BCUT2D eigenvalue weighted by molar-refractivity contribution is 6.05. The number of rotatable bonds is 5. The van der Waals surface area contributed by atoms with Gasteiger partial charge >= 0.3 is 0 Å². The lowest BCUT2D eigenvalue weighted by Gasteiger charge is -2.37. The van der Waals surface area contributed by atoms with Gasteiger partial charge in [0.05, 0.1) is 17.4 Å². The van der Waals surface area contributed by atoms with Crippen LogP contribution < -0.4 is 10.2 Å². The molecule has 4 nitrogen and oxygen atoms in total. The highest BCUT2D eigenvalue weighted by Crippen LogP contribution is 2.27. The molecule has 0 aliphatic carbocycles. The van der Waals surface area contributed by atoms with Crippen molar-refractivity contribution in [3.8, 4) is 0 Å². The second kappa shape index (κ2) is 8.35. The van der Waals surface area contributed by atoms with Gasteiger partial charge in [-0.15, -0.1) is 0 Å². The molecular formula is C22H29N3O. The van der Waals surface area contributed by atoms with E-state index in [0.717, 1.165) is 41.9 Å². The SMILES string of the molecule is CCc1cccc(C)c1NC(=O)c1cncc(N2CCCCC2CC)c1. The van der Waals surface area contributed by atoms with Crippen LogP contribution in [0.2, 0.25) is 0 Å². The van der Waals surface area contributed by atoms with Gasteiger partial charge in [0.15, 0.2) is 0 Å². The van der Waals surface area contributed by atoms with Crippen molar-refractivity contribution in [2.75, 3.05) is 16.8 Å². The molecule has 1 unspecified atom stereocenters. The summed E-state index contributed by atoms with van der Waals surface area (Å²) in [6.07, 6.45) is 9.27. The summed E-state index contributed by atoms with van der Waals surface area (Å²) in [5.74, 6) is -0.0894. The van der Waals surface area contributed by atoms with E-state index < -0.39 is 0 Å². The number of carbonyl (C=O) groups excluding carboxylic acids is 1. The molecule has 26 heavy (non-hydrogen) atoms.